The van der Waals surface area contributed by atoms with Crippen LogP contribution in [0.25, 0.3) is 5.57 Å². The van der Waals surface area contributed by atoms with Gasteiger partial charge in [-0.3, -0.25) is 0 Å². The third kappa shape index (κ3) is 3.79. The molecule has 4 heteroatoms. The molecule has 1 N–H and O–H groups in total. The van der Waals surface area contributed by atoms with E-state index >= 15 is 0 Å². The van der Waals surface area contributed by atoms with E-state index in [1.807, 2.05) is 27.7 Å². The van der Waals surface area contributed by atoms with E-state index in [0.717, 1.165) is 28.8 Å². The molecule has 0 radical (unpaired) electrons. The van der Waals surface area contributed by atoms with Gasteiger partial charge in [0.05, 0.1) is 5.60 Å². The van der Waals surface area contributed by atoms with Crippen LogP contribution in [-0.2, 0) is 9.53 Å². The van der Waals surface area contributed by atoms with Gasteiger partial charge in [0.2, 0.25) is 0 Å². The molecule has 0 aliphatic heterocycles. The SMILES string of the molecule is Cc1sc(C)c(C(OC(C)(C)C)C(=O)O)c1C1=CCCCC1. The largest absolute Gasteiger partial charge is 0.479 e. The Morgan fingerprint density at radius 1 is 1.27 bits per heavy atom. The number of aliphatic carboxylic acids is 1. The highest BCUT2D eigenvalue weighted by molar-refractivity contribution is 7.12. The van der Waals surface area contributed by atoms with Gasteiger partial charge in [0.25, 0.3) is 0 Å². The standard InChI is InChI=1S/C18H26O3S/c1-11-14(13-9-7-6-8-10-13)15(12(2)22-11)16(17(19)20)21-18(3,4)5/h9,16H,6-8,10H2,1-5H3,(H,19,20). The number of rotatable bonds is 4. The normalized spacial score (nSPS) is 17.2. The lowest BCUT2D eigenvalue weighted by Gasteiger charge is -2.27. The van der Waals surface area contributed by atoms with Gasteiger partial charge in [-0.1, -0.05) is 6.08 Å². The third-order valence-electron chi connectivity index (χ3n) is 3.88. The fourth-order valence-corrected chi connectivity index (χ4v) is 4.19. The van der Waals surface area contributed by atoms with E-state index in [-0.39, 0.29) is 0 Å². The molecule has 0 spiro atoms. The number of carbonyl (C=O) groups is 1. The molecule has 3 nitrogen and oxygen atoms in total. The van der Waals surface area contributed by atoms with Gasteiger partial charge < -0.3 is 9.84 Å². The summed E-state index contributed by atoms with van der Waals surface area (Å²) in [5.74, 6) is -0.909. The predicted molar refractivity (Wildman–Crippen MR) is 91.5 cm³/mol. The van der Waals surface area contributed by atoms with Crippen LogP contribution in [0.1, 0.15) is 73.4 Å². The molecule has 0 saturated heterocycles. The van der Waals surface area contributed by atoms with Crippen molar-refractivity contribution < 1.29 is 14.6 Å². The number of hydrogen-bond acceptors (Lipinski definition) is 3. The quantitative estimate of drug-likeness (QED) is 0.822. The molecule has 0 amide bonds. The zero-order chi connectivity index (χ0) is 16.5. The molecule has 0 aromatic carbocycles. The molecule has 1 aromatic rings. The molecule has 2 rings (SSSR count). The molecule has 1 unspecified atom stereocenters. The average molecular weight is 322 g/mol. The summed E-state index contributed by atoms with van der Waals surface area (Å²) in [6, 6.07) is 0. The topological polar surface area (TPSA) is 46.5 Å². The van der Waals surface area contributed by atoms with Crippen LogP contribution in [0.5, 0.6) is 0 Å². The van der Waals surface area contributed by atoms with Crippen LogP contribution >= 0.6 is 11.3 Å². The minimum absolute atomic E-state index is 0.496. The maximum Gasteiger partial charge on any atom is 0.337 e. The first kappa shape index (κ1) is 17.2. The van der Waals surface area contributed by atoms with Crippen LogP contribution in [0.2, 0.25) is 0 Å². The molecule has 0 saturated carbocycles. The highest BCUT2D eigenvalue weighted by Gasteiger charge is 2.33. The van der Waals surface area contributed by atoms with Gasteiger partial charge in [0, 0.05) is 15.3 Å². The Morgan fingerprint density at radius 3 is 2.45 bits per heavy atom. The summed E-state index contributed by atoms with van der Waals surface area (Å²) in [5.41, 5.74) is 2.78. The molecular formula is C18H26O3S. The molecule has 0 fully saturated rings. The van der Waals surface area contributed by atoms with Crippen LogP contribution in [0, 0.1) is 13.8 Å². The van der Waals surface area contributed by atoms with Crippen LogP contribution in [0.4, 0.5) is 0 Å². The number of allylic oxidation sites excluding steroid dienone is 2. The number of aryl methyl sites for hydroxylation is 2. The maximum atomic E-state index is 11.8. The van der Waals surface area contributed by atoms with Crippen molar-refractivity contribution in [1.82, 2.24) is 0 Å². The molecule has 1 aliphatic carbocycles. The van der Waals surface area contributed by atoms with E-state index in [2.05, 4.69) is 13.0 Å². The van der Waals surface area contributed by atoms with E-state index in [0.29, 0.717) is 0 Å². The van der Waals surface area contributed by atoms with Crippen molar-refractivity contribution in [2.45, 2.75) is 72.0 Å². The lowest BCUT2D eigenvalue weighted by atomic mass is 9.89. The first-order valence-electron chi connectivity index (χ1n) is 7.90. The molecule has 22 heavy (non-hydrogen) atoms. The Morgan fingerprint density at radius 2 is 1.95 bits per heavy atom. The summed E-state index contributed by atoms with van der Waals surface area (Å²) in [6.45, 7) is 9.79. The second-order valence-corrected chi connectivity index (χ2v) is 8.36. The Kier molecular flexibility index (Phi) is 5.13. The van der Waals surface area contributed by atoms with Crippen molar-refractivity contribution in [2.24, 2.45) is 0 Å². The van der Waals surface area contributed by atoms with Gasteiger partial charge in [-0.2, -0.15) is 0 Å². The highest BCUT2D eigenvalue weighted by atomic mass is 32.1. The average Bonchev–Trinajstić information content (AvgIpc) is 2.70. The molecule has 1 aromatic heterocycles. The molecule has 1 heterocycles. The summed E-state index contributed by atoms with van der Waals surface area (Å²) in [4.78, 5) is 14.1. The smallest absolute Gasteiger partial charge is 0.337 e. The molecule has 1 aliphatic rings. The molecule has 1 atom stereocenters. The minimum atomic E-state index is -0.909. The Bertz CT molecular complexity index is 590. The number of hydrogen-bond donors (Lipinski definition) is 1. The van der Waals surface area contributed by atoms with Crippen molar-refractivity contribution in [2.75, 3.05) is 0 Å². The van der Waals surface area contributed by atoms with Gasteiger partial charge in [0.1, 0.15) is 0 Å². The van der Waals surface area contributed by atoms with Gasteiger partial charge in [-0.05, 0) is 71.4 Å². The van der Waals surface area contributed by atoms with Gasteiger partial charge in [0.15, 0.2) is 6.10 Å². The van der Waals surface area contributed by atoms with Gasteiger partial charge in [-0.25, -0.2) is 4.79 Å². The van der Waals surface area contributed by atoms with Gasteiger partial charge in [-0.15, -0.1) is 11.3 Å². The maximum absolute atomic E-state index is 11.8. The summed E-state index contributed by atoms with van der Waals surface area (Å²) < 4.78 is 5.89. The number of carboxylic acids is 1. The van der Waals surface area contributed by atoms with Crippen LogP contribution in [0.3, 0.4) is 0 Å². The number of thiophene rings is 1. The zero-order valence-corrected chi connectivity index (χ0v) is 15.0. The lowest BCUT2D eigenvalue weighted by molar-refractivity contribution is -0.160. The number of carboxylic acid groups (broad SMARTS) is 1. The highest BCUT2D eigenvalue weighted by Crippen LogP contribution is 2.42. The Hall–Kier alpha value is -1.13. The van der Waals surface area contributed by atoms with Crippen molar-refractivity contribution in [3.05, 3.63) is 27.0 Å². The van der Waals surface area contributed by atoms with Crippen molar-refractivity contribution >= 4 is 22.9 Å². The fourth-order valence-electron chi connectivity index (χ4n) is 3.07. The fraction of sp³-hybridized carbons (Fsp3) is 0.611. The summed E-state index contributed by atoms with van der Waals surface area (Å²) in [7, 11) is 0. The predicted octanol–water partition coefficient (Wildman–Crippen LogP) is 5.26. The first-order chi connectivity index (χ1) is 10.2. The van der Waals surface area contributed by atoms with Crippen molar-refractivity contribution in [3.8, 4) is 0 Å². The first-order valence-corrected chi connectivity index (χ1v) is 8.72. The summed E-state index contributed by atoms with van der Waals surface area (Å²) >= 11 is 1.68. The van der Waals surface area contributed by atoms with Crippen LogP contribution in [0.15, 0.2) is 6.08 Å². The molecular weight excluding hydrogens is 296 g/mol. The Balaban J connectivity index is 2.52. The Labute approximate surface area is 137 Å². The second-order valence-electron chi connectivity index (χ2n) is 6.93. The summed E-state index contributed by atoms with van der Waals surface area (Å²) in [6.07, 6.45) is 5.90. The van der Waals surface area contributed by atoms with E-state index < -0.39 is 17.7 Å². The summed E-state index contributed by atoms with van der Waals surface area (Å²) in [5, 5.41) is 9.71. The van der Waals surface area contributed by atoms with E-state index in [4.69, 9.17) is 4.74 Å². The zero-order valence-electron chi connectivity index (χ0n) is 14.2. The van der Waals surface area contributed by atoms with Crippen LogP contribution < -0.4 is 0 Å². The monoisotopic (exact) mass is 322 g/mol. The second kappa shape index (κ2) is 6.55. The van der Waals surface area contributed by atoms with Crippen molar-refractivity contribution in [3.63, 3.8) is 0 Å². The van der Waals surface area contributed by atoms with E-state index in [9.17, 15) is 9.90 Å². The minimum Gasteiger partial charge on any atom is -0.479 e. The van der Waals surface area contributed by atoms with E-state index in [1.165, 1.54) is 23.3 Å². The molecule has 122 valence electrons. The van der Waals surface area contributed by atoms with Crippen molar-refractivity contribution in [1.29, 1.82) is 0 Å². The molecule has 0 bridgehead atoms. The number of ether oxygens (including phenoxy) is 1. The van der Waals surface area contributed by atoms with Crippen LogP contribution in [-0.4, -0.2) is 16.7 Å². The third-order valence-corrected chi connectivity index (χ3v) is 4.91. The van der Waals surface area contributed by atoms with Gasteiger partial charge >= 0.3 is 5.97 Å². The lowest BCUT2D eigenvalue weighted by Crippen LogP contribution is -2.28. The van der Waals surface area contributed by atoms with E-state index in [1.54, 1.807) is 11.3 Å².